The molecule has 1 aromatic heterocycles. The van der Waals surface area contributed by atoms with Crippen LogP contribution in [0.4, 0.5) is 23.1 Å². The maximum absolute atomic E-state index is 12.6. The van der Waals surface area contributed by atoms with Gasteiger partial charge in [-0.25, -0.2) is 4.98 Å². The van der Waals surface area contributed by atoms with E-state index >= 15 is 0 Å². The van der Waals surface area contributed by atoms with Gasteiger partial charge in [-0.15, -0.1) is 0 Å². The molecule has 34 heavy (non-hydrogen) atoms. The van der Waals surface area contributed by atoms with Gasteiger partial charge in [-0.2, -0.15) is 4.98 Å². The molecule has 3 N–H and O–H groups in total. The predicted molar refractivity (Wildman–Crippen MR) is 137 cm³/mol. The van der Waals surface area contributed by atoms with Gasteiger partial charge in [0.1, 0.15) is 5.82 Å². The number of benzene rings is 1. The minimum Gasteiger partial charge on any atom is -0.362 e. The van der Waals surface area contributed by atoms with Crippen molar-refractivity contribution in [2.75, 3.05) is 29.6 Å². The molecule has 0 aliphatic heterocycles. The van der Waals surface area contributed by atoms with Crippen molar-refractivity contribution in [1.82, 2.24) is 15.3 Å². The van der Waals surface area contributed by atoms with Crippen molar-refractivity contribution in [3.05, 3.63) is 35.5 Å². The lowest BCUT2D eigenvalue weighted by Gasteiger charge is -2.21. The van der Waals surface area contributed by atoms with Crippen LogP contribution >= 0.6 is 0 Å². The predicted octanol–water partition coefficient (Wildman–Crippen LogP) is 4.78. The first-order chi connectivity index (χ1) is 16.2. The Bertz CT molecular complexity index is 999. The number of amides is 2. The number of hydrogen-bond acceptors (Lipinski definition) is 6. The van der Waals surface area contributed by atoms with Gasteiger partial charge in [0.15, 0.2) is 0 Å². The van der Waals surface area contributed by atoms with Gasteiger partial charge in [0.2, 0.25) is 17.8 Å². The zero-order chi connectivity index (χ0) is 24.7. The average molecular weight is 467 g/mol. The fourth-order valence-corrected chi connectivity index (χ4v) is 4.25. The molecule has 0 radical (unpaired) electrons. The van der Waals surface area contributed by atoms with Crippen LogP contribution in [0.2, 0.25) is 0 Å². The molecule has 0 saturated heterocycles. The summed E-state index contributed by atoms with van der Waals surface area (Å²) in [5.41, 5.74) is 3.25. The highest BCUT2D eigenvalue weighted by Gasteiger charge is 2.21. The Hall–Kier alpha value is -3.16. The smallest absolute Gasteiger partial charge is 0.229 e. The van der Waals surface area contributed by atoms with Crippen molar-refractivity contribution in [3.8, 4) is 0 Å². The van der Waals surface area contributed by atoms with E-state index in [1.54, 1.807) is 6.20 Å². The maximum atomic E-state index is 12.6. The molecule has 1 aromatic carbocycles. The molecule has 1 heterocycles. The molecule has 3 rings (SSSR count). The van der Waals surface area contributed by atoms with E-state index < -0.39 is 0 Å². The van der Waals surface area contributed by atoms with Gasteiger partial charge < -0.3 is 20.9 Å². The Morgan fingerprint density at radius 3 is 2.53 bits per heavy atom. The number of nitrogens with one attached hydrogen (secondary N) is 3. The summed E-state index contributed by atoms with van der Waals surface area (Å²) >= 11 is 0. The lowest BCUT2D eigenvalue weighted by Crippen LogP contribution is -2.31. The first kappa shape index (κ1) is 25.5. The summed E-state index contributed by atoms with van der Waals surface area (Å²) in [6.07, 6.45) is 7.61. The van der Waals surface area contributed by atoms with Crippen LogP contribution < -0.4 is 20.9 Å². The van der Waals surface area contributed by atoms with E-state index in [4.69, 9.17) is 0 Å². The van der Waals surface area contributed by atoms with E-state index in [2.05, 4.69) is 25.9 Å². The zero-order valence-electron chi connectivity index (χ0n) is 21.1. The number of hydrogen-bond donors (Lipinski definition) is 3. The minimum atomic E-state index is -0.0553. The van der Waals surface area contributed by atoms with Gasteiger partial charge in [0.05, 0.1) is 11.4 Å². The lowest BCUT2D eigenvalue weighted by atomic mass is 9.88. The Morgan fingerprint density at radius 1 is 1.12 bits per heavy atom. The molecule has 1 saturated carbocycles. The molecule has 8 heteroatoms. The molecule has 184 valence electrons. The van der Waals surface area contributed by atoms with Crippen LogP contribution in [0.1, 0.15) is 63.5 Å². The third-order valence-corrected chi connectivity index (χ3v) is 6.01. The number of rotatable bonds is 9. The largest absolute Gasteiger partial charge is 0.362 e. The molecule has 1 aliphatic rings. The maximum Gasteiger partial charge on any atom is 0.229 e. The van der Waals surface area contributed by atoms with Gasteiger partial charge in [0, 0.05) is 44.7 Å². The lowest BCUT2D eigenvalue weighted by molar-refractivity contribution is -0.126. The number of aromatic nitrogens is 2. The molecule has 0 spiro atoms. The number of nitrogens with zero attached hydrogens (tertiary/aromatic N) is 3. The fraction of sp³-hybridized carbons (Fsp3) is 0.538. The van der Waals surface area contributed by atoms with E-state index in [9.17, 15) is 9.59 Å². The van der Waals surface area contributed by atoms with Crippen molar-refractivity contribution < 1.29 is 9.59 Å². The molecule has 2 amide bonds. The SMILES string of the molecule is Cc1cnc(Nc2ccc(CNC(=O)C3CCCCC3)cc2NC(=O)CC(C)C)nc1N(C)C. The first-order valence-electron chi connectivity index (χ1n) is 12.2. The molecular formula is C26H38N6O2. The van der Waals surface area contributed by atoms with E-state index in [0.29, 0.717) is 30.3 Å². The summed E-state index contributed by atoms with van der Waals surface area (Å²) in [6.45, 7) is 6.42. The molecule has 1 aliphatic carbocycles. The van der Waals surface area contributed by atoms with Gasteiger partial charge in [-0.05, 0) is 43.4 Å². The Kier molecular flexibility index (Phi) is 8.85. The van der Waals surface area contributed by atoms with Crippen LogP contribution in [-0.4, -0.2) is 35.9 Å². The van der Waals surface area contributed by atoms with Crippen molar-refractivity contribution in [1.29, 1.82) is 0 Å². The summed E-state index contributed by atoms with van der Waals surface area (Å²) < 4.78 is 0. The number of carbonyl (C=O) groups is 2. The first-order valence-corrected chi connectivity index (χ1v) is 12.2. The van der Waals surface area contributed by atoms with Gasteiger partial charge in [-0.1, -0.05) is 39.2 Å². The van der Waals surface area contributed by atoms with Crippen molar-refractivity contribution >= 4 is 35.0 Å². The highest BCUT2D eigenvalue weighted by Crippen LogP contribution is 2.28. The standard InChI is InChI=1S/C26H38N6O2/c1-17(2)13-23(33)29-22-14-19(16-27-25(34)20-9-7-6-8-10-20)11-12-21(22)30-26-28-15-18(3)24(31-26)32(4)5/h11-12,14-15,17,20H,6-10,13,16H2,1-5H3,(H,27,34)(H,29,33)(H,28,30,31). The summed E-state index contributed by atoms with van der Waals surface area (Å²) in [4.78, 5) is 36.1. The fourth-order valence-electron chi connectivity index (χ4n) is 4.25. The molecular weight excluding hydrogens is 428 g/mol. The van der Waals surface area contributed by atoms with Crippen LogP contribution in [0.15, 0.2) is 24.4 Å². The van der Waals surface area contributed by atoms with E-state index in [1.165, 1.54) is 6.42 Å². The third kappa shape index (κ3) is 7.17. The molecule has 2 aromatic rings. The highest BCUT2D eigenvalue weighted by atomic mass is 16.2. The number of aryl methyl sites for hydroxylation is 1. The topological polar surface area (TPSA) is 99.2 Å². The molecule has 8 nitrogen and oxygen atoms in total. The van der Waals surface area contributed by atoms with Crippen LogP contribution in [0.3, 0.4) is 0 Å². The van der Waals surface area contributed by atoms with E-state index in [-0.39, 0.29) is 23.7 Å². The van der Waals surface area contributed by atoms with Crippen LogP contribution in [0, 0.1) is 18.8 Å². The quantitative estimate of drug-likeness (QED) is 0.492. The second-order valence-electron chi connectivity index (χ2n) is 9.80. The summed E-state index contributed by atoms with van der Waals surface area (Å²) in [5.74, 6) is 1.70. The summed E-state index contributed by atoms with van der Waals surface area (Å²) in [5, 5.41) is 9.34. The molecule has 1 fully saturated rings. The molecule has 0 unspecified atom stereocenters. The van der Waals surface area contributed by atoms with E-state index in [0.717, 1.165) is 42.6 Å². The third-order valence-electron chi connectivity index (χ3n) is 6.01. The van der Waals surface area contributed by atoms with Crippen molar-refractivity contribution in [3.63, 3.8) is 0 Å². The molecule has 0 atom stereocenters. The normalized spacial score (nSPS) is 14.1. The van der Waals surface area contributed by atoms with Gasteiger partial charge in [-0.3, -0.25) is 9.59 Å². The number of anilines is 4. The zero-order valence-corrected chi connectivity index (χ0v) is 21.1. The summed E-state index contributed by atoms with van der Waals surface area (Å²) in [7, 11) is 3.88. The second kappa shape index (κ2) is 11.8. The molecule has 0 bridgehead atoms. The van der Waals surface area contributed by atoms with Crippen LogP contribution in [-0.2, 0) is 16.1 Å². The van der Waals surface area contributed by atoms with Crippen molar-refractivity contribution in [2.45, 2.75) is 65.8 Å². The highest BCUT2D eigenvalue weighted by molar-refractivity contribution is 5.95. The Morgan fingerprint density at radius 2 is 1.85 bits per heavy atom. The average Bonchev–Trinajstić information content (AvgIpc) is 2.80. The Balaban J connectivity index is 1.78. The Labute approximate surface area is 202 Å². The van der Waals surface area contributed by atoms with Crippen LogP contribution in [0.5, 0.6) is 0 Å². The van der Waals surface area contributed by atoms with Crippen LogP contribution in [0.25, 0.3) is 0 Å². The van der Waals surface area contributed by atoms with Crippen molar-refractivity contribution in [2.24, 2.45) is 11.8 Å². The van der Waals surface area contributed by atoms with Gasteiger partial charge in [0.25, 0.3) is 0 Å². The summed E-state index contributed by atoms with van der Waals surface area (Å²) in [6, 6.07) is 5.75. The second-order valence-corrected chi connectivity index (χ2v) is 9.80. The van der Waals surface area contributed by atoms with Gasteiger partial charge >= 0.3 is 0 Å². The number of carbonyl (C=O) groups excluding carboxylic acids is 2. The van der Waals surface area contributed by atoms with E-state index in [1.807, 2.05) is 58.0 Å². The monoisotopic (exact) mass is 466 g/mol. The minimum absolute atomic E-state index is 0.0553.